The topological polar surface area (TPSA) is 59.9 Å². The Morgan fingerprint density at radius 2 is 1.77 bits per heavy atom. The Labute approximate surface area is 162 Å². The molecule has 136 valence electrons. The van der Waals surface area contributed by atoms with Gasteiger partial charge in [-0.1, -0.05) is 53.5 Å². The second-order valence-corrected chi connectivity index (χ2v) is 7.49. The molecule has 0 radical (unpaired) electrons. The van der Waals surface area contributed by atoms with Gasteiger partial charge in [0, 0.05) is 0 Å². The Bertz CT molecular complexity index is 835. The number of halogens is 2. The number of aliphatic imine (C=N–C) groups is 1. The molecule has 5 nitrogen and oxygen atoms in total. The summed E-state index contributed by atoms with van der Waals surface area (Å²) < 4.78 is 0. The molecule has 2 aromatic rings. The second-order valence-electron chi connectivity index (χ2n) is 6.68. The van der Waals surface area contributed by atoms with Gasteiger partial charge in [-0.3, -0.25) is 10.2 Å². The predicted molar refractivity (Wildman–Crippen MR) is 107 cm³/mol. The first kappa shape index (κ1) is 17.6. The van der Waals surface area contributed by atoms with Gasteiger partial charge in [-0.2, -0.15) is 0 Å². The fraction of sp³-hybridized carbons (Fsp3) is 0.316. The molecule has 3 N–H and O–H groups in total. The molecule has 4 rings (SSSR count). The van der Waals surface area contributed by atoms with E-state index >= 15 is 0 Å². The van der Waals surface area contributed by atoms with Crippen molar-refractivity contribution in [2.45, 2.75) is 24.9 Å². The molecule has 1 fully saturated rings. The highest BCUT2D eigenvalue weighted by Crippen LogP contribution is 2.42. The van der Waals surface area contributed by atoms with Crippen LogP contribution in [0.4, 0.5) is 11.4 Å². The third kappa shape index (κ3) is 3.16. The van der Waals surface area contributed by atoms with Gasteiger partial charge in [0.1, 0.15) is 0 Å². The number of hydrogen-bond acceptors (Lipinski definition) is 4. The van der Waals surface area contributed by atoms with E-state index in [1.165, 1.54) is 5.06 Å². The molecule has 0 saturated carbocycles. The lowest BCUT2D eigenvalue weighted by atomic mass is 9.84. The lowest BCUT2D eigenvalue weighted by Crippen LogP contribution is -2.60. The summed E-state index contributed by atoms with van der Waals surface area (Å²) >= 11 is 12.3. The van der Waals surface area contributed by atoms with Crippen molar-refractivity contribution in [3.63, 3.8) is 0 Å². The van der Waals surface area contributed by atoms with Crippen LogP contribution in [0, 0.1) is 0 Å². The molecule has 1 saturated heterocycles. The maximum Gasteiger partial charge on any atom is 0.155 e. The number of piperidine rings is 1. The summed E-state index contributed by atoms with van der Waals surface area (Å²) in [6.45, 7) is 2.20. The molecular formula is C19H20Cl2N4O. The van der Waals surface area contributed by atoms with E-state index in [0.717, 1.165) is 37.2 Å². The number of benzene rings is 2. The van der Waals surface area contributed by atoms with Crippen LogP contribution in [0.3, 0.4) is 0 Å². The van der Waals surface area contributed by atoms with Crippen LogP contribution in [0.2, 0.25) is 10.0 Å². The van der Waals surface area contributed by atoms with Crippen molar-refractivity contribution < 1.29 is 5.21 Å². The summed E-state index contributed by atoms with van der Waals surface area (Å²) in [6.07, 6.45) is 1.63. The quantitative estimate of drug-likeness (QED) is 0.713. The number of nitrogens with one attached hydrogen (secondary N) is 2. The number of nitrogens with zero attached hydrogens (tertiary/aromatic N) is 2. The normalized spacial score (nSPS) is 20.1. The Morgan fingerprint density at radius 3 is 2.50 bits per heavy atom. The van der Waals surface area contributed by atoms with Gasteiger partial charge in [0.25, 0.3) is 0 Å². The predicted octanol–water partition coefficient (Wildman–Crippen LogP) is 4.34. The van der Waals surface area contributed by atoms with Gasteiger partial charge >= 0.3 is 0 Å². The standard InChI is InChI=1S/C19H20Cl2N4O/c20-14-10-16-17(11-15(14)21)25(26)18(19(24-16)6-8-22-9-7-19)23-12-13-4-2-1-3-5-13/h1-5,10-11,22,24,26H,6-9,12H2/b23-18+. The molecule has 26 heavy (non-hydrogen) atoms. The van der Waals surface area contributed by atoms with E-state index in [1.54, 1.807) is 12.1 Å². The van der Waals surface area contributed by atoms with Crippen molar-refractivity contribution in [1.82, 2.24) is 5.32 Å². The molecular weight excluding hydrogens is 371 g/mol. The maximum absolute atomic E-state index is 11.0. The van der Waals surface area contributed by atoms with Crippen LogP contribution in [0.25, 0.3) is 0 Å². The zero-order chi connectivity index (χ0) is 18.1. The average Bonchev–Trinajstić information content (AvgIpc) is 2.65. The van der Waals surface area contributed by atoms with Crippen molar-refractivity contribution in [2.24, 2.45) is 4.99 Å². The summed E-state index contributed by atoms with van der Waals surface area (Å²) in [6, 6.07) is 13.4. The van der Waals surface area contributed by atoms with Crippen molar-refractivity contribution in [3.05, 3.63) is 58.1 Å². The molecule has 0 amide bonds. The van der Waals surface area contributed by atoms with Crippen LogP contribution in [0.15, 0.2) is 47.5 Å². The Hall–Kier alpha value is -1.79. The third-order valence-corrected chi connectivity index (χ3v) is 5.70. The van der Waals surface area contributed by atoms with Crippen LogP contribution < -0.4 is 15.7 Å². The van der Waals surface area contributed by atoms with Crippen molar-refractivity contribution in [3.8, 4) is 0 Å². The smallest absolute Gasteiger partial charge is 0.155 e. The number of rotatable bonds is 2. The average molecular weight is 391 g/mol. The molecule has 0 unspecified atom stereocenters. The van der Waals surface area contributed by atoms with Gasteiger partial charge < -0.3 is 10.6 Å². The minimum atomic E-state index is -0.432. The highest BCUT2D eigenvalue weighted by molar-refractivity contribution is 6.42. The minimum absolute atomic E-state index is 0.398. The Balaban J connectivity index is 1.76. The van der Waals surface area contributed by atoms with E-state index in [-0.39, 0.29) is 0 Å². The van der Waals surface area contributed by atoms with Gasteiger partial charge in [0.15, 0.2) is 5.84 Å². The molecule has 2 heterocycles. The van der Waals surface area contributed by atoms with E-state index in [1.807, 2.05) is 30.3 Å². The molecule has 2 aliphatic heterocycles. The van der Waals surface area contributed by atoms with E-state index in [2.05, 4.69) is 10.6 Å². The first-order valence-electron chi connectivity index (χ1n) is 8.65. The lowest BCUT2D eigenvalue weighted by Gasteiger charge is -2.46. The molecule has 0 atom stereocenters. The van der Waals surface area contributed by atoms with Crippen LogP contribution in [-0.2, 0) is 6.54 Å². The van der Waals surface area contributed by atoms with Gasteiger partial charge in [0.2, 0.25) is 0 Å². The first-order chi connectivity index (χ1) is 12.6. The fourth-order valence-corrected chi connectivity index (χ4v) is 3.93. The van der Waals surface area contributed by atoms with Crippen molar-refractivity contribution in [2.75, 3.05) is 23.5 Å². The summed E-state index contributed by atoms with van der Waals surface area (Å²) in [4.78, 5) is 4.79. The van der Waals surface area contributed by atoms with Gasteiger partial charge in [-0.25, -0.2) is 5.06 Å². The molecule has 2 aromatic carbocycles. The fourth-order valence-electron chi connectivity index (χ4n) is 3.61. The van der Waals surface area contributed by atoms with Crippen LogP contribution in [0.1, 0.15) is 18.4 Å². The molecule has 0 aliphatic carbocycles. The highest BCUT2D eigenvalue weighted by atomic mass is 35.5. The van der Waals surface area contributed by atoms with Gasteiger partial charge in [-0.15, -0.1) is 0 Å². The zero-order valence-corrected chi connectivity index (χ0v) is 15.7. The third-order valence-electron chi connectivity index (χ3n) is 4.98. The monoisotopic (exact) mass is 390 g/mol. The molecule has 2 aliphatic rings. The van der Waals surface area contributed by atoms with E-state index in [0.29, 0.717) is 28.1 Å². The highest BCUT2D eigenvalue weighted by Gasteiger charge is 2.44. The Kier molecular flexibility index (Phi) is 4.80. The number of hydrogen-bond donors (Lipinski definition) is 3. The lowest BCUT2D eigenvalue weighted by molar-refractivity contribution is 0.288. The molecule has 1 spiro atoms. The summed E-state index contributed by atoms with van der Waals surface area (Å²) in [7, 11) is 0. The summed E-state index contributed by atoms with van der Waals surface area (Å²) in [5.41, 5.74) is 1.99. The summed E-state index contributed by atoms with van der Waals surface area (Å²) in [5.74, 6) is 0.619. The molecule has 0 aromatic heterocycles. The largest absolute Gasteiger partial charge is 0.371 e. The second kappa shape index (κ2) is 7.08. The van der Waals surface area contributed by atoms with Crippen LogP contribution in [0.5, 0.6) is 0 Å². The molecule has 0 bridgehead atoms. The minimum Gasteiger partial charge on any atom is -0.371 e. The van der Waals surface area contributed by atoms with E-state index in [9.17, 15) is 5.21 Å². The zero-order valence-electron chi connectivity index (χ0n) is 14.2. The van der Waals surface area contributed by atoms with Gasteiger partial charge in [-0.05, 0) is 43.6 Å². The van der Waals surface area contributed by atoms with Crippen LogP contribution in [-0.4, -0.2) is 29.7 Å². The maximum atomic E-state index is 11.0. The van der Waals surface area contributed by atoms with Gasteiger partial charge in [0.05, 0.1) is 33.5 Å². The van der Waals surface area contributed by atoms with E-state index in [4.69, 9.17) is 28.2 Å². The van der Waals surface area contributed by atoms with Crippen LogP contribution >= 0.6 is 23.2 Å². The number of anilines is 2. The summed E-state index contributed by atoms with van der Waals surface area (Å²) in [5, 5.41) is 19.9. The first-order valence-corrected chi connectivity index (χ1v) is 9.40. The van der Waals surface area contributed by atoms with Crippen molar-refractivity contribution >= 4 is 40.4 Å². The number of fused-ring (bicyclic) bond motifs is 1. The Morgan fingerprint density at radius 1 is 1.08 bits per heavy atom. The molecule has 7 heteroatoms. The van der Waals surface area contributed by atoms with Crippen molar-refractivity contribution in [1.29, 1.82) is 0 Å². The van der Waals surface area contributed by atoms with E-state index < -0.39 is 5.54 Å². The number of hydroxylamine groups is 1. The SMILES string of the molecule is ON1/C(=N/Cc2ccccc2)C2(CCNCC2)Nc2cc(Cl)c(Cl)cc21. The number of amidine groups is 1.